The summed E-state index contributed by atoms with van der Waals surface area (Å²) in [6.07, 6.45) is 4.50. The van der Waals surface area contributed by atoms with E-state index in [0.717, 1.165) is 42.6 Å². The van der Waals surface area contributed by atoms with Crippen LogP contribution < -0.4 is 9.47 Å². The zero-order valence-electron chi connectivity index (χ0n) is 21.3. The Kier molecular flexibility index (Phi) is 8.31. The van der Waals surface area contributed by atoms with Gasteiger partial charge in [0, 0.05) is 32.2 Å². The number of aliphatic hydroxyl groups is 1. The van der Waals surface area contributed by atoms with E-state index in [1.165, 1.54) is 4.90 Å². The summed E-state index contributed by atoms with van der Waals surface area (Å²) in [5, 5.41) is 11.4. The molecule has 4 rings (SSSR count). The summed E-state index contributed by atoms with van der Waals surface area (Å²) >= 11 is 0. The van der Waals surface area contributed by atoms with E-state index in [4.69, 9.17) is 14.2 Å². The zero-order chi connectivity index (χ0) is 25.7. The standard InChI is InChI=1S/C29H35NO6/c1-4-5-6-15-35-23-10-7-9-20(18-23)26-25(28(32)29(33)30(26)13-8-14-34-3)27(31)21-11-12-24-22(17-21)16-19(2)36-24/h7,9-12,17-19,26,31H,4-6,8,13-16H2,1-3H3/b27-25+/t19-,26-/m0/s1. The van der Waals surface area contributed by atoms with Gasteiger partial charge in [-0.05, 0) is 61.2 Å². The molecule has 1 amide bonds. The maximum atomic E-state index is 13.3. The maximum Gasteiger partial charge on any atom is 0.295 e. The van der Waals surface area contributed by atoms with Crippen LogP contribution in [0.5, 0.6) is 11.5 Å². The molecule has 2 atom stereocenters. The van der Waals surface area contributed by atoms with Crippen molar-refractivity contribution in [3.05, 3.63) is 64.7 Å². The van der Waals surface area contributed by atoms with Crippen molar-refractivity contribution in [3.8, 4) is 11.5 Å². The van der Waals surface area contributed by atoms with Crippen LogP contribution in [0.1, 0.15) is 62.3 Å². The Morgan fingerprint density at radius 3 is 2.72 bits per heavy atom. The summed E-state index contributed by atoms with van der Waals surface area (Å²) in [4.78, 5) is 27.9. The number of aliphatic hydroxyl groups excluding tert-OH is 1. The summed E-state index contributed by atoms with van der Waals surface area (Å²) in [7, 11) is 1.60. The zero-order valence-corrected chi connectivity index (χ0v) is 21.3. The molecule has 0 aliphatic carbocycles. The minimum Gasteiger partial charge on any atom is -0.507 e. The lowest BCUT2D eigenvalue weighted by Gasteiger charge is -2.25. The summed E-state index contributed by atoms with van der Waals surface area (Å²) < 4.78 is 16.9. The predicted molar refractivity (Wildman–Crippen MR) is 137 cm³/mol. The smallest absolute Gasteiger partial charge is 0.295 e. The number of Topliss-reactive ketones (excluding diaryl/α,β-unsaturated/α-hetero) is 1. The number of hydrogen-bond donors (Lipinski definition) is 1. The number of likely N-dealkylation sites (tertiary alicyclic amines) is 1. The number of hydrogen-bond acceptors (Lipinski definition) is 6. The van der Waals surface area contributed by atoms with Crippen LogP contribution in [0.15, 0.2) is 48.0 Å². The van der Waals surface area contributed by atoms with Gasteiger partial charge in [-0.15, -0.1) is 0 Å². The molecule has 0 bridgehead atoms. The van der Waals surface area contributed by atoms with Gasteiger partial charge < -0.3 is 24.2 Å². The van der Waals surface area contributed by atoms with Crippen molar-refractivity contribution in [2.24, 2.45) is 0 Å². The Morgan fingerprint density at radius 1 is 1.11 bits per heavy atom. The van der Waals surface area contributed by atoms with Crippen LogP contribution in [-0.4, -0.2) is 54.7 Å². The monoisotopic (exact) mass is 493 g/mol. The second-order valence-electron chi connectivity index (χ2n) is 9.42. The summed E-state index contributed by atoms with van der Waals surface area (Å²) in [6.45, 7) is 5.52. The lowest BCUT2D eigenvalue weighted by atomic mass is 9.94. The molecule has 2 aliphatic rings. The highest BCUT2D eigenvalue weighted by atomic mass is 16.5. The molecule has 2 heterocycles. The van der Waals surface area contributed by atoms with E-state index in [0.29, 0.717) is 37.5 Å². The van der Waals surface area contributed by atoms with Crippen molar-refractivity contribution in [1.82, 2.24) is 4.90 Å². The van der Waals surface area contributed by atoms with Crippen LogP contribution in [0.2, 0.25) is 0 Å². The molecule has 1 fully saturated rings. The van der Waals surface area contributed by atoms with Gasteiger partial charge in [-0.3, -0.25) is 9.59 Å². The summed E-state index contributed by atoms with van der Waals surface area (Å²) in [5.41, 5.74) is 2.28. The number of rotatable bonds is 11. The molecule has 0 radical (unpaired) electrons. The highest BCUT2D eigenvalue weighted by molar-refractivity contribution is 6.46. The van der Waals surface area contributed by atoms with Gasteiger partial charge in [0.1, 0.15) is 23.4 Å². The Bertz CT molecular complexity index is 1140. The van der Waals surface area contributed by atoms with Crippen LogP contribution in [-0.2, 0) is 20.7 Å². The van der Waals surface area contributed by atoms with Gasteiger partial charge in [-0.2, -0.15) is 0 Å². The van der Waals surface area contributed by atoms with Gasteiger partial charge in [-0.25, -0.2) is 0 Å². The van der Waals surface area contributed by atoms with Crippen molar-refractivity contribution >= 4 is 17.4 Å². The van der Waals surface area contributed by atoms with Crippen LogP contribution in [0.4, 0.5) is 0 Å². The molecular formula is C29H35NO6. The SMILES string of the molecule is CCCCCOc1cccc([C@H]2/C(=C(\O)c3ccc4c(c3)C[C@H](C)O4)C(=O)C(=O)N2CCCOC)c1. The molecular weight excluding hydrogens is 458 g/mol. The van der Waals surface area contributed by atoms with Crippen LogP contribution in [0, 0.1) is 0 Å². The largest absolute Gasteiger partial charge is 0.507 e. The average molecular weight is 494 g/mol. The number of unbranched alkanes of at least 4 members (excludes halogenated alkanes) is 2. The fourth-order valence-corrected chi connectivity index (χ4v) is 4.88. The van der Waals surface area contributed by atoms with Crippen LogP contribution >= 0.6 is 0 Å². The number of methoxy groups -OCH3 is 1. The van der Waals surface area contributed by atoms with Gasteiger partial charge in [0.2, 0.25) is 0 Å². The van der Waals surface area contributed by atoms with E-state index in [1.807, 2.05) is 43.3 Å². The fraction of sp³-hybridized carbons (Fsp3) is 0.448. The lowest BCUT2D eigenvalue weighted by Crippen LogP contribution is -2.31. The predicted octanol–water partition coefficient (Wildman–Crippen LogP) is 5.04. The first kappa shape index (κ1) is 25.8. The number of amides is 1. The third-order valence-electron chi connectivity index (χ3n) is 6.65. The van der Waals surface area contributed by atoms with Gasteiger partial charge >= 0.3 is 0 Å². The lowest BCUT2D eigenvalue weighted by molar-refractivity contribution is -0.140. The summed E-state index contributed by atoms with van der Waals surface area (Å²) in [6, 6.07) is 12.1. The van der Waals surface area contributed by atoms with Crippen molar-refractivity contribution < 1.29 is 28.9 Å². The average Bonchev–Trinajstić information content (AvgIpc) is 3.37. The second-order valence-corrected chi connectivity index (χ2v) is 9.42. The van der Waals surface area contributed by atoms with E-state index < -0.39 is 17.7 Å². The topological polar surface area (TPSA) is 85.3 Å². The number of ketones is 1. The third-order valence-corrected chi connectivity index (χ3v) is 6.65. The van der Waals surface area contributed by atoms with Gasteiger partial charge in [-0.1, -0.05) is 31.9 Å². The molecule has 0 unspecified atom stereocenters. The normalized spacial score (nSPS) is 20.5. The quantitative estimate of drug-likeness (QED) is 0.204. The Balaban J connectivity index is 1.72. The highest BCUT2D eigenvalue weighted by Gasteiger charge is 2.46. The molecule has 2 aromatic carbocycles. The fourth-order valence-electron chi connectivity index (χ4n) is 4.88. The highest BCUT2D eigenvalue weighted by Crippen LogP contribution is 2.41. The van der Waals surface area contributed by atoms with E-state index in [-0.39, 0.29) is 17.4 Å². The number of carbonyl (C=O) groups is 2. The number of fused-ring (bicyclic) bond motifs is 1. The van der Waals surface area contributed by atoms with E-state index in [2.05, 4.69) is 6.92 Å². The second kappa shape index (κ2) is 11.6. The van der Waals surface area contributed by atoms with Gasteiger partial charge in [0.25, 0.3) is 11.7 Å². The minimum atomic E-state index is -0.718. The van der Waals surface area contributed by atoms with Crippen molar-refractivity contribution in [3.63, 3.8) is 0 Å². The third kappa shape index (κ3) is 5.41. The molecule has 7 heteroatoms. The van der Waals surface area contributed by atoms with Crippen LogP contribution in [0.25, 0.3) is 5.76 Å². The van der Waals surface area contributed by atoms with Gasteiger partial charge in [0.15, 0.2) is 0 Å². The minimum absolute atomic E-state index is 0.0591. The van der Waals surface area contributed by atoms with E-state index in [1.54, 1.807) is 13.2 Å². The van der Waals surface area contributed by atoms with E-state index >= 15 is 0 Å². The molecule has 2 aliphatic heterocycles. The maximum absolute atomic E-state index is 13.3. The molecule has 0 spiro atoms. The summed E-state index contributed by atoms with van der Waals surface area (Å²) in [5.74, 6) is -0.0261. The Labute approximate surface area is 212 Å². The molecule has 7 nitrogen and oxygen atoms in total. The van der Waals surface area contributed by atoms with Crippen LogP contribution in [0.3, 0.4) is 0 Å². The molecule has 1 N–H and O–H groups in total. The van der Waals surface area contributed by atoms with E-state index in [9.17, 15) is 14.7 Å². The molecule has 0 aromatic heterocycles. The molecule has 36 heavy (non-hydrogen) atoms. The van der Waals surface area contributed by atoms with Crippen molar-refractivity contribution in [1.29, 1.82) is 0 Å². The molecule has 1 saturated heterocycles. The molecule has 0 saturated carbocycles. The Morgan fingerprint density at radius 2 is 1.94 bits per heavy atom. The number of carbonyl (C=O) groups excluding carboxylic acids is 2. The van der Waals surface area contributed by atoms with Crippen molar-refractivity contribution in [2.75, 3.05) is 26.9 Å². The first-order valence-corrected chi connectivity index (χ1v) is 12.7. The number of nitrogens with zero attached hydrogens (tertiary/aromatic N) is 1. The first-order chi connectivity index (χ1) is 17.4. The molecule has 192 valence electrons. The number of benzene rings is 2. The van der Waals surface area contributed by atoms with Crippen molar-refractivity contribution in [2.45, 2.75) is 58.1 Å². The first-order valence-electron chi connectivity index (χ1n) is 12.7. The number of ether oxygens (including phenoxy) is 3. The Hall–Kier alpha value is -3.32. The van der Waals surface area contributed by atoms with Gasteiger partial charge in [0.05, 0.1) is 18.2 Å². The molecule has 2 aromatic rings.